The predicted molar refractivity (Wildman–Crippen MR) is 329 cm³/mol. The summed E-state index contributed by atoms with van der Waals surface area (Å²) in [4.78, 5) is 24.5. The summed E-state index contributed by atoms with van der Waals surface area (Å²) in [7, 11) is 0. The van der Waals surface area contributed by atoms with Crippen molar-refractivity contribution in [2.75, 3.05) is 13.2 Å². The van der Waals surface area contributed by atoms with Crippen LogP contribution in [0.4, 0.5) is 0 Å². The molecule has 0 bridgehead atoms. The Morgan fingerprint density at radius 1 is 0.360 bits per heavy atom. The monoisotopic (exact) mass is 1060 g/mol. The van der Waals surface area contributed by atoms with Gasteiger partial charge in [0.1, 0.15) is 0 Å². The van der Waals surface area contributed by atoms with E-state index in [1.807, 2.05) is 6.08 Å². The molecule has 0 saturated heterocycles. The Labute approximate surface area is 469 Å². The van der Waals surface area contributed by atoms with Gasteiger partial charge in [-0.05, 0) is 57.8 Å². The highest BCUT2D eigenvalue weighted by atomic mass is 16.5. The number of esters is 1. The van der Waals surface area contributed by atoms with Gasteiger partial charge in [0.15, 0.2) is 0 Å². The molecule has 2 unspecified atom stereocenters. The first kappa shape index (κ1) is 73.3. The molecule has 0 aliphatic carbocycles. The molecule has 0 aromatic carbocycles. The molecule has 0 rings (SSSR count). The predicted octanol–water partition coefficient (Wildman–Crippen LogP) is 21.8. The maximum atomic E-state index is 12.5. The lowest BCUT2D eigenvalue weighted by atomic mass is 10.0. The lowest BCUT2D eigenvalue weighted by Gasteiger charge is -2.20. The number of amides is 1. The van der Waals surface area contributed by atoms with Crippen molar-refractivity contribution < 1.29 is 24.5 Å². The van der Waals surface area contributed by atoms with Crippen LogP contribution in [0, 0.1) is 0 Å². The molecule has 3 N–H and O–H groups in total. The summed E-state index contributed by atoms with van der Waals surface area (Å²) in [5, 5.41) is 23.1. The van der Waals surface area contributed by atoms with E-state index in [0.29, 0.717) is 19.4 Å². The summed E-state index contributed by atoms with van der Waals surface area (Å²) in [6, 6.07) is -0.623. The molecule has 0 aromatic rings. The van der Waals surface area contributed by atoms with Crippen molar-refractivity contribution in [1.29, 1.82) is 0 Å². The van der Waals surface area contributed by atoms with E-state index in [1.165, 1.54) is 308 Å². The van der Waals surface area contributed by atoms with Crippen molar-refractivity contribution in [2.24, 2.45) is 0 Å². The number of nitrogens with one attached hydrogen (secondary N) is 1. The van der Waals surface area contributed by atoms with Crippen LogP contribution in [0.1, 0.15) is 380 Å². The van der Waals surface area contributed by atoms with Crippen molar-refractivity contribution in [3.63, 3.8) is 0 Å². The van der Waals surface area contributed by atoms with E-state index >= 15 is 0 Å². The maximum Gasteiger partial charge on any atom is 0.305 e. The van der Waals surface area contributed by atoms with Crippen molar-refractivity contribution in [3.8, 4) is 0 Å². The van der Waals surface area contributed by atoms with Crippen molar-refractivity contribution >= 4 is 11.9 Å². The van der Waals surface area contributed by atoms with Gasteiger partial charge < -0.3 is 20.3 Å². The topological polar surface area (TPSA) is 95.9 Å². The average Bonchev–Trinajstić information content (AvgIpc) is 3.41. The molecule has 6 nitrogen and oxygen atoms in total. The largest absolute Gasteiger partial charge is 0.466 e. The molecule has 0 fully saturated rings. The van der Waals surface area contributed by atoms with Crippen LogP contribution in [-0.2, 0) is 14.3 Å². The van der Waals surface area contributed by atoms with Crippen LogP contribution in [-0.4, -0.2) is 47.4 Å². The second kappa shape index (κ2) is 64.9. The molecular weight excluding hydrogens is 923 g/mol. The van der Waals surface area contributed by atoms with Gasteiger partial charge in [-0.1, -0.05) is 334 Å². The number of hydrogen-bond acceptors (Lipinski definition) is 5. The Kier molecular flexibility index (Phi) is 63.4. The Bertz CT molecular complexity index is 1170. The lowest BCUT2D eigenvalue weighted by molar-refractivity contribution is -0.143. The zero-order valence-electron chi connectivity index (χ0n) is 50.8. The SMILES string of the molecule is CCCCC/C=C\CCCCCCCC(=O)OCCCCCCCCCCCCCCCCCCCCCCCCCCCCCCCCCCCC(=O)NC(CO)C(O)/C=C/CCCCCCCCCCCCC. The van der Waals surface area contributed by atoms with Crippen LogP contribution >= 0.6 is 0 Å². The number of aliphatic hydroxyl groups excluding tert-OH is 2. The van der Waals surface area contributed by atoms with Gasteiger partial charge in [0, 0.05) is 12.8 Å². The van der Waals surface area contributed by atoms with E-state index in [0.717, 1.165) is 44.9 Å². The van der Waals surface area contributed by atoms with Gasteiger partial charge in [-0.3, -0.25) is 9.59 Å². The van der Waals surface area contributed by atoms with Crippen LogP contribution < -0.4 is 5.32 Å². The highest BCUT2D eigenvalue weighted by molar-refractivity contribution is 5.76. The highest BCUT2D eigenvalue weighted by Crippen LogP contribution is 2.19. The summed E-state index contributed by atoms with van der Waals surface area (Å²) in [5.74, 6) is -0.0501. The molecule has 0 aliphatic rings. The molecule has 0 aromatic heterocycles. The van der Waals surface area contributed by atoms with Crippen molar-refractivity contribution in [1.82, 2.24) is 5.32 Å². The van der Waals surface area contributed by atoms with Crippen molar-refractivity contribution in [3.05, 3.63) is 24.3 Å². The zero-order chi connectivity index (χ0) is 54.3. The second-order valence-electron chi connectivity index (χ2n) is 23.5. The van der Waals surface area contributed by atoms with Crippen LogP contribution in [0.2, 0.25) is 0 Å². The molecule has 0 spiro atoms. The number of aliphatic hydroxyl groups is 2. The quantitative estimate of drug-likeness (QED) is 0.0320. The number of rotatable bonds is 64. The van der Waals surface area contributed by atoms with Gasteiger partial charge in [0.25, 0.3) is 0 Å². The Morgan fingerprint density at radius 2 is 0.627 bits per heavy atom. The Morgan fingerprint density at radius 3 is 0.973 bits per heavy atom. The molecule has 6 heteroatoms. The minimum atomic E-state index is -0.840. The van der Waals surface area contributed by atoms with Gasteiger partial charge in [0.2, 0.25) is 5.91 Å². The number of ether oxygens (including phenoxy) is 1. The average molecular weight is 1060 g/mol. The first-order chi connectivity index (χ1) is 37.0. The third kappa shape index (κ3) is 61.4. The minimum absolute atomic E-state index is 0.0116. The summed E-state index contributed by atoms with van der Waals surface area (Å²) in [6.45, 7) is 4.90. The number of carbonyl (C=O) groups excluding carboxylic acids is 2. The number of carbonyl (C=O) groups is 2. The first-order valence-corrected chi connectivity index (χ1v) is 34.1. The van der Waals surface area contributed by atoms with Crippen LogP contribution in [0.3, 0.4) is 0 Å². The molecule has 0 radical (unpaired) electrons. The van der Waals surface area contributed by atoms with E-state index in [1.54, 1.807) is 6.08 Å². The van der Waals surface area contributed by atoms with E-state index in [2.05, 4.69) is 31.3 Å². The van der Waals surface area contributed by atoms with Gasteiger partial charge in [-0.15, -0.1) is 0 Å². The molecule has 75 heavy (non-hydrogen) atoms. The molecule has 1 amide bonds. The third-order valence-corrected chi connectivity index (χ3v) is 16.0. The zero-order valence-corrected chi connectivity index (χ0v) is 50.8. The smallest absolute Gasteiger partial charge is 0.305 e. The number of hydrogen-bond donors (Lipinski definition) is 3. The van der Waals surface area contributed by atoms with Gasteiger partial charge >= 0.3 is 5.97 Å². The van der Waals surface area contributed by atoms with Gasteiger partial charge in [-0.25, -0.2) is 0 Å². The molecule has 0 saturated carbocycles. The molecule has 2 atom stereocenters. The standard InChI is InChI=1S/C69H133NO5/c1-3-5-7-9-11-13-15-38-41-45-49-53-57-61-67(72)66(65-71)70-68(73)62-58-54-50-46-42-39-36-34-32-30-28-26-24-22-20-18-17-19-21-23-25-27-29-31-33-35-37-40-44-48-52-56-60-64-75-69(74)63-59-55-51-47-43-16-14-12-10-8-6-4-2/h12,14,57,61,66-67,71-72H,3-11,13,15-56,58-60,62-65H2,1-2H3,(H,70,73)/b14-12-,61-57+. The van der Waals surface area contributed by atoms with Crippen LogP contribution in [0.5, 0.6) is 0 Å². The Hall–Kier alpha value is -1.66. The maximum absolute atomic E-state index is 12.5. The summed E-state index contributed by atoms with van der Waals surface area (Å²) in [5.41, 5.74) is 0. The normalized spacial score (nSPS) is 12.6. The van der Waals surface area contributed by atoms with E-state index < -0.39 is 12.1 Å². The lowest BCUT2D eigenvalue weighted by Crippen LogP contribution is -2.45. The van der Waals surface area contributed by atoms with Gasteiger partial charge in [-0.2, -0.15) is 0 Å². The fraction of sp³-hybridized carbons (Fsp3) is 0.913. The number of unbranched alkanes of at least 4 members (excludes halogenated alkanes) is 51. The highest BCUT2D eigenvalue weighted by Gasteiger charge is 2.18. The molecule has 0 aliphatic heterocycles. The Balaban J connectivity index is 3.32. The summed E-state index contributed by atoms with van der Waals surface area (Å²) < 4.78 is 5.48. The first-order valence-electron chi connectivity index (χ1n) is 34.1. The van der Waals surface area contributed by atoms with Gasteiger partial charge in [0.05, 0.1) is 25.4 Å². The van der Waals surface area contributed by atoms with E-state index in [4.69, 9.17) is 4.74 Å². The summed E-state index contributed by atoms with van der Waals surface area (Å²) >= 11 is 0. The summed E-state index contributed by atoms with van der Waals surface area (Å²) in [6.07, 6.45) is 81.2. The van der Waals surface area contributed by atoms with Crippen molar-refractivity contribution in [2.45, 2.75) is 392 Å². The van der Waals surface area contributed by atoms with E-state index in [-0.39, 0.29) is 18.5 Å². The van der Waals surface area contributed by atoms with E-state index in [9.17, 15) is 19.8 Å². The third-order valence-electron chi connectivity index (χ3n) is 16.0. The van der Waals surface area contributed by atoms with Crippen LogP contribution in [0.25, 0.3) is 0 Å². The molecule has 0 heterocycles. The molecule has 444 valence electrons. The van der Waals surface area contributed by atoms with Crippen LogP contribution in [0.15, 0.2) is 24.3 Å². The minimum Gasteiger partial charge on any atom is -0.466 e. The molecular formula is C69H133NO5. The fourth-order valence-electron chi connectivity index (χ4n) is 10.7. The fourth-order valence-corrected chi connectivity index (χ4v) is 10.7. The second-order valence-corrected chi connectivity index (χ2v) is 23.5. The number of allylic oxidation sites excluding steroid dienone is 3.